The molecular formula is C15H20N2O2. The number of ether oxygens (including phenoxy) is 1. The van der Waals surface area contributed by atoms with Crippen LogP contribution in [-0.2, 0) is 6.54 Å². The molecule has 1 aromatic carbocycles. The SMILES string of the molecule is CCCn1nccc1C(O)c1ccc(C)cc1OC. The first kappa shape index (κ1) is 13.6. The topological polar surface area (TPSA) is 47.3 Å². The Morgan fingerprint density at radius 3 is 2.84 bits per heavy atom. The molecule has 102 valence electrons. The van der Waals surface area contributed by atoms with Crippen molar-refractivity contribution in [2.24, 2.45) is 0 Å². The average molecular weight is 260 g/mol. The number of benzene rings is 1. The number of aliphatic hydroxyl groups is 1. The zero-order valence-corrected chi connectivity index (χ0v) is 11.6. The summed E-state index contributed by atoms with van der Waals surface area (Å²) >= 11 is 0. The van der Waals surface area contributed by atoms with E-state index in [9.17, 15) is 5.11 Å². The smallest absolute Gasteiger partial charge is 0.125 e. The average Bonchev–Trinajstić information content (AvgIpc) is 2.86. The van der Waals surface area contributed by atoms with Crippen LogP contribution in [0.1, 0.15) is 36.3 Å². The van der Waals surface area contributed by atoms with E-state index in [4.69, 9.17) is 4.74 Å². The number of aromatic nitrogens is 2. The number of aryl methyl sites for hydroxylation is 2. The monoisotopic (exact) mass is 260 g/mol. The Balaban J connectivity index is 2.38. The third-order valence-electron chi connectivity index (χ3n) is 3.15. The number of rotatable bonds is 5. The van der Waals surface area contributed by atoms with Crippen molar-refractivity contribution in [2.75, 3.05) is 7.11 Å². The van der Waals surface area contributed by atoms with Crippen molar-refractivity contribution in [3.8, 4) is 5.75 Å². The molecular weight excluding hydrogens is 240 g/mol. The lowest BCUT2D eigenvalue weighted by molar-refractivity contribution is 0.202. The van der Waals surface area contributed by atoms with Crippen LogP contribution in [0.25, 0.3) is 0 Å². The number of nitrogens with zero attached hydrogens (tertiary/aromatic N) is 2. The highest BCUT2D eigenvalue weighted by Crippen LogP contribution is 2.30. The van der Waals surface area contributed by atoms with Crippen molar-refractivity contribution >= 4 is 0 Å². The van der Waals surface area contributed by atoms with Crippen LogP contribution in [-0.4, -0.2) is 22.0 Å². The highest BCUT2D eigenvalue weighted by atomic mass is 16.5. The van der Waals surface area contributed by atoms with Gasteiger partial charge in [0.1, 0.15) is 11.9 Å². The minimum atomic E-state index is -0.718. The highest BCUT2D eigenvalue weighted by Gasteiger charge is 2.19. The van der Waals surface area contributed by atoms with Gasteiger partial charge in [-0.1, -0.05) is 19.1 Å². The summed E-state index contributed by atoms with van der Waals surface area (Å²) in [6.45, 7) is 4.89. The number of hydrogen-bond donors (Lipinski definition) is 1. The Labute approximate surface area is 113 Å². The Morgan fingerprint density at radius 2 is 2.16 bits per heavy atom. The maximum atomic E-state index is 10.6. The van der Waals surface area contributed by atoms with Gasteiger partial charge in [-0.05, 0) is 31.0 Å². The van der Waals surface area contributed by atoms with Crippen LogP contribution in [0.15, 0.2) is 30.5 Å². The third kappa shape index (κ3) is 2.79. The van der Waals surface area contributed by atoms with Crippen LogP contribution in [0.2, 0.25) is 0 Å². The van der Waals surface area contributed by atoms with Gasteiger partial charge in [0.05, 0.1) is 12.8 Å². The zero-order chi connectivity index (χ0) is 13.8. The lowest BCUT2D eigenvalue weighted by Gasteiger charge is -2.16. The fourth-order valence-electron chi connectivity index (χ4n) is 2.18. The molecule has 1 aromatic heterocycles. The van der Waals surface area contributed by atoms with Crippen LogP contribution >= 0.6 is 0 Å². The summed E-state index contributed by atoms with van der Waals surface area (Å²) < 4.78 is 7.19. The van der Waals surface area contributed by atoms with Crippen molar-refractivity contribution in [3.63, 3.8) is 0 Å². The molecule has 0 saturated heterocycles. The summed E-state index contributed by atoms with van der Waals surface area (Å²) in [7, 11) is 1.62. The van der Waals surface area contributed by atoms with Crippen LogP contribution < -0.4 is 4.74 Å². The lowest BCUT2D eigenvalue weighted by Crippen LogP contribution is -2.11. The summed E-state index contributed by atoms with van der Waals surface area (Å²) in [4.78, 5) is 0. The number of methoxy groups -OCH3 is 1. The van der Waals surface area contributed by atoms with Crippen LogP contribution in [0, 0.1) is 6.92 Å². The maximum Gasteiger partial charge on any atom is 0.125 e. The van der Waals surface area contributed by atoms with Gasteiger partial charge in [0, 0.05) is 18.3 Å². The molecule has 0 spiro atoms. The van der Waals surface area contributed by atoms with Gasteiger partial charge in [-0.15, -0.1) is 0 Å². The molecule has 1 heterocycles. The Morgan fingerprint density at radius 1 is 1.37 bits per heavy atom. The predicted molar refractivity (Wildman–Crippen MR) is 74.3 cm³/mol. The summed E-state index contributed by atoms with van der Waals surface area (Å²) in [5.74, 6) is 0.705. The summed E-state index contributed by atoms with van der Waals surface area (Å²) in [6.07, 6.45) is 1.98. The first-order valence-electron chi connectivity index (χ1n) is 6.51. The van der Waals surface area contributed by atoms with Gasteiger partial charge in [0.15, 0.2) is 0 Å². The first-order valence-corrected chi connectivity index (χ1v) is 6.51. The molecule has 0 bridgehead atoms. The predicted octanol–water partition coefficient (Wildman–Crippen LogP) is 2.69. The molecule has 1 unspecified atom stereocenters. The molecule has 1 atom stereocenters. The van der Waals surface area contributed by atoms with E-state index in [1.807, 2.05) is 35.9 Å². The molecule has 2 aromatic rings. The fourth-order valence-corrected chi connectivity index (χ4v) is 2.18. The second-order valence-corrected chi connectivity index (χ2v) is 4.63. The molecule has 0 saturated carbocycles. The Bertz CT molecular complexity index is 549. The van der Waals surface area contributed by atoms with E-state index in [1.54, 1.807) is 13.3 Å². The van der Waals surface area contributed by atoms with Gasteiger partial charge in [0.25, 0.3) is 0 Å². The van der Waals surface area contributed by atoms with E-state index in [0.717, 1.165) is 29.8 Å². The molecule has 0 aliphatic rings. The molecule has 0 aliphatic carbocycles. The van der Waals surface area contributed by atoms with Gasteiger partial charge < -0.3 is 9.84 Å². The normalized spacial score (nSPS) is 12.4. The summed E-state index contributed by atoms with van der Waals surface area (Å²) in [6, 6.07) is 7.66. The minimum Gasteiger partial charge on any atom is -0.496 e. The third-order valence-corrected chi connectivity index (χ3v) is 3.15. The molecule has 0 fully saturated rings. The molecule has 0 radical (unpaired) electrons. The highest BCUT2D eigenvalue weighted by molar-refractivity contribution is 5.41. The molecule has 4 heteroatoms. The van der Waals surface area contributed by atoms with Gasteiger partial charge in [-0.2, -0.15) is 5.10 Å². The maximum absolute atomic E-state index is 10.6. The Hall–Kier alpha value is -1.81. The second kappa shape index (κ2) is 5.89. The number of hydrogen-bond acceptors (Lipinski definition) is 3. The number of aliphatic hydroxyl groups excluding tert-OH is 1. The molecule has 0 amide bonds. The van der Waals surface area contributed by atoms with Crippen molar-refractivity contribution in [1.82, 2.24) is 9.78 Å². The van der Waals surface area contributed by atoms with Gasteiger partial charge in [-0.25, -0.2) is 0 Å². The summed E-state index contributed by atoms with van der Waals surface area (Å²) in [5.41, 5.74) is 2.67. The fraction of sp³-hybridized carbons (Fsp3) is 0.400. The lowest BCUT2D eigenvalue weighted by atomic mass is 10.0. The van der Waals surface area contributed by atoms with Crippen molar-refractivity contribution in [3.05, 3.63) is 47.3 Å². The van der Waals surface area contributed by atoms with E-state index < -0.39 is 6.10 Å². The van der Waals surface area contributed by atoms with E-state index in [2.05, 4.69) is 12.0 Å². The Kier molecular flexibility index (Phi) is 4.22. The minimum absolute atomic E-state index is 0.705. The van der Waals surface area contributed by atoms with Gasteiger partial charge >= 0.3 is 0 Å². The van der Waals surface area contributed by atoms with Gasteiger partial charge in [0.2, 0.25) is 0 Å². The second-order valence-electron chi connectivity index (χ2n) is 4.63. The standard InChI is InChI=1S/C15H20N2O2/c1-4-9-17-13(7-8-16-17)15(18)12-6-5-11(2)10-14(12)19-3/h5-8,10,15,18H,4,9H2,1-3H3. The molecule has 4 nitrogen and oxygen atoms in total. The van der Waals surface area contributed by atoms with E-state index in [-0.39, 0.29) is 0 Å². The van der Waals surface area contributed by atoms with Crippen LogP contribution in [0.5, 0.6) is 5.75 Å². The van der Waals surface area contributed by atoms with Crippen molar-refractivity contribution in [2.45, 2.75) is 32.9 Å². The van der Waals surface area contributed by atoms with Crippen molar-refractivity contribution < 1.29 is 9.84 Å². The largest absolute Gasteiger partial charge is 0.496 e. The zero-order valence-electron chi connectivity index (χ0n) is 11.6. The van der Waals surface area contributed by atoms with E-state index in [0.29, 0.717) is 5.75 Å². The molecule has 0 aliphatic heterocycles. The van der Waals surface area contributed by atoms with E-state index >= 15 is 0 Å². The van der Waals surface area contributed by atoms with E-state index in [1.165, 1.54) is 0 Å². The molecule has 2 rings (SSSR count). The quantitative estimate of drug-likeness (QED) is 0.899. The van der Waals surface area contributed by atoms with Gasteiger partial charge in [-0.3, -0.25) is 4.68 Å². The van der Waals surface area contributed by atoms with Crippen LogP contribution in [0.4, 0.5) is 0 Å². The molecule has 1 N–H and O–H groups in total. The van der Waals surface area contributed by atoms with Crippen molar-refractivity contribution in [1.29, 1.82) is 0 Å². The first-order chi connectivity index (χ1) is 9.17. The van der Waals surface area contributed by atoms with Crippen LogP contribution in [0.3, 0.4) is 0 Å². The molecule has 19 heavy (non-hydrogen) atoms. The summed E-state index contributed by atoms with van der Waals surface area (Å²) in [5, 5.41) is 14.8.